The number of aromatic nitrogens is 2. The number of rotatable bonds is 6. The van der Waals surface area contributed by atoms with Crippen LogP contribution in [0.4, 0.5) is 10.1 Å². The van der Waals surface area contributed by atoms with E-state index in [9.17, 15) is 14.3 Å². The van der Waals surface area contributed by atoms with Crippen molar-refractivity contribution in [3.8, 4) is 28.8 Å². The van der Waals surface area contributed by atoms with E-state index in [4.69, 9.17) is 18.9 Å². The van der Waals surface area contributed by atoms with Crippen molar-refractivity contribution < 1.29 is 28.2 Å². The Labute approximate surface area is 222 Å². The molecular weight excluding hydrogens is 501 g/mol. The van der Waals surface area contributed by atoms with Gasteiger partial charge < -0.3 is 24.3 Å². The van der Waals surface area contributed by atoms with Gasteiger partial charge in [-0.2, -0.15) is 0 Å². The number of ether oxygens (including phenoxy) is 2. The van der Waals surface area contributed by atoms with Gasteiger partial charge in [-0.05, 0) is 43.3 Å². The molecule has 2 N–H and O–H groups in total. The maximum Gasteiger partial charge on any atom is 0.304 e. The molecule has 0 unspecified atom stereocenters. The lowest BCUT2D eigenvalue weighted by atomic mass is 9.97. The maximum atomic E-state index is 14.4. The molecule has 0 radical (unpaired) electrons. The van der Waals surface area contributed by atoms with E-state index in [2.05, 4.69) is 5.32 Å². The Morgan fingerprint density at radius 3 is 2.79 bits per heavy atom. The van der Waals surface area contributed by atoms with Gasteiger partial charge in [0.05, 0.1) is 35.8 Å². The molecule has 0 bridgehead atoms. The number of aliphatic carboxylic acids is 1. The minimum absolute atomic E-state index is 0.0405. The molecule has 2 atom stereocenters. The van der Waals surface area contributed by atoms with Gasteiger partial charge >= 0.3 is 5.97 Å². The Kier molecular flexibility index (Phi) is 5.33. The second kappa shape index (κ2) is 8.90. The molecule has 0 aliphatic carbocycles. The number of hydrogen-bond acceptors (Lipinski definition) is 6. The number of para-hydroxylation sites is 1. The highest BCUT2D eigenvalue weighted by atomic mass is 19.1. The number of benzene rings is 3. The van der Waals surface area contributed by atoms with Crippen LogP contribution in [0.3, 0.4) is 0 Å². The number of carbonyl (C=O) groups is 1. The third-order valence-electron chi connectivity index (χ3n) is 7.27. The third-order valence-corrected chi connectivity index (χ3v) is 7.27. The molecule has 39 heavy (non-hydrogen) atoms. The van der Waals surface area contributed by atoms with E-state index in [1.54, 1.807) is 6.07 Å². The number of aryl methyl sites for hydroxylation is 1. The molecule has 0 amide bonds. The largest absolute Gasteiger partial charge is 0.493 e. The van der Waals surface area contributed by atoms with E-state index in [0.29, 0.717) is 47.3 Å². The summed E-state index contributed by atoms with van der Waals surface area (Å²) >= 11 is 0. The lowest BCUT2D eigenvalue weighted by molar-refractivity contribution is -0.137. The van der Waals surface area contributed by atoms with Gasteiger partial charge in [-0.1, -0.05) is 18.2 Å². The molecule has 7 rings (SSSR count). The Balaban J connectivity index is 1.26. The smallest absolute Gasteiger partial charge is 0.304 e. The highest BCUT2D eigenvalue weighted by molar-refractivity contribution is 5.83. The zero-order valence-corrected chi connectivity index (χ0v) is 21.0. The van der Waals surface area contributed by atoms with Crippen molar-refractivity contribution in [1.29, 1.82) is 0 Å². The molecule has 8 nitrogen and oxygen atoms in total. The summed E-state index contributed by atoms with van der Waals surface area (Å²) in [5, 5.41) is 12.7. The SMILES string of the molecule is Cc1ccc(-c2nc3ccc(F)cc3n2-c2cccc3c2OC[C@H]3Nc2ccc3c(c2)OC[C@H]3CC(=O)O)o1. The number of carboxylic acids is 1. The minimum atomic E-state index is -0.840. The predicted molar refractivity (Wildman–Crippen MR) is 142 cm³/mol. The summed E-state index contributed by atoms with van der Waals surface area (Å²) in [4.78, 5) is 15.9. The van der Waals surface area contributed by atoms with Gasteiger partial charge in [-0.3, -0.25) is 9.36 Å². The van der Waals surface area contributed by atoms with Crippen molar-refractivity contribution in [1.82, 2.24) is 9.55 Å². The molecule has 2 aromatic heterocycles. The zero-order chi connectivity index (χ0) is 26.7. The van der Waals surface area contributed by atoms with Crippen LogP contribution in [0.5, 0.6) is 11.5 Å². The number of anilines is 1. The van der Waals surface area contributed by atoms with Gasteiger partial charge in [0.1, 0.15) is 29.7 Å². The van der Waals surface area contributed by atoms with E-state index >= 15 is 0 Å². The fourth-order valence-corrected chi connectivity index (χ4v) is 5.49. The molecular formula is C30H24FN3O5. The number of nitrogens with zero attached hydrogens (tertiary/aromatic N) is 2. The second-order valence-corrected chi connectivity index (χ2v) is 9.88. The average Bonchev–Trinajstić information content (AvgIpc) is 3.69. The average molecular weight is 526 g/mol. The monoisotopic (exact) mass is 525 g/mol. The number of hydrogen-bond donors (Lipinski definition) is 2. The first-order chi connectivity index (χ1) is 18.9. The zero-order valence-electron chi connectivity index (χ0n) is 21.0. The van der Waals surface area contributed by atoms with E-state index in [-0.39, 0.29) is 24.2 Å². The summed E-state index contributed by atoms with van der Waals surface area (Å²) in [6.07, 6.45) is 0.0405. The molecule has 2 aliphatic heterocycles. The molecule has 2 aliphatic rings. The highest BCUT2D eigenvalue weighted by Crippen LogP contribution is 2.43. The van der Waals surface area contributed by atoms with E-state index in [1.165, 1.54) is 12.1 Å². The van der Waals surface area contributed by atoms with Crippen molar-refractivity contribution in [2.24, 2.45) is 0 Å². The molecule has 0 saturated heterocycles. The number of imidazole rings is 1. The summed E-state index contributed by atoms with van der Waals surface area (Å²) in [5.74, 6) is 1.92. The van der Waals surface area contributed by atoms with E-state index in [1.807, 2.05) is 60.0 Å². The Bertz CT molecular complexity index is 1760. The number of nitrogens with one attached hydrogen (secondary N) is 1. The standard InChI is InChI=1S/C30H24FN3O5/c1-16-5-10-26(39-16)30-33-22-9-6-18(31)12-25(22)34(30)24-4-2-3-21-23(15-38-29(21)24)32-19-7-8-20-17(11-28(35)36)14-37-27(20)13-19/h2-10,12-13,17,23,32H,11,14-15H2,1H3,(H,35,36)/t17-,23-/m1/s1. The molecule has 5 aromatic rings. The summed E-state index contributed by atoms with van der Waals surface area (Å²) in [6.45, 7) is 2.62. The first kappa shape index (κ1) is 23.3. The fraction of sp³-hybridized carbons (Fsp3) is 0.200. The van der Waals surface area contributed by atoms with Crippen molar-refractivity contribution in [3.05, 3.63) is 89.4 Å². The maximum absolute atomic E-state index is 14.4. The Morgan fingerprint density at radius 2 is 1.97 bits per heavy atom. The molecule has 0 spiro atoms. The summed E-state index contributed by atoms with van der Waals surface area (Å²) in [6, 6.07) is 19.8. The first-order valence-corrected chi connectivity index (χ1v) is 12.7. The highest BCUT2D eigenvalue weighted by Gasteiger charge is 2.31. The van der Waals surface area contributed by atoms with Crippen molar-refractivity contribution in [3.63, 3.8) is 0 Å². The summed E-state index contributed by atoms with van der Waals surface area (Å²) in [7, 11) is 0. The number of fused-ring (bicyclic) bond motifs is 3. The molecule has 0 fully saturated rings. The normalized spacial score (nSPS) is 17.5. The van der Waals surface area contributed by atoms with Crippen LogP contribution in [-0.4, -0.2) is 33.8 Å². The van der Waals surface area contributed by atoms with Crippen molar-refractivity contribution >= 4 is 22.7 Å². The number of halogens is 1. The quantitative estimate of drug-likeness (QED) is 0.271. The molecule has 196 valence electrons. The topological polar surface area (TPSA) is 98.8 Å². The van der Waals surface area contributed by atoms with Crippen LogP contribution in [0.25, 0.3) is 28.3 Å². The molecule has 4 heterocycles. The van der Waals surface area contributed by atoms with E-state index < -0.39 is 5.97 Å². The van der Waals surface area contributed by atoms with Gasteiger partial charge in [0.15, 0.2) is 11.6 Å². The van der Waals surface area contributed by atoms with Crippen LogP contribution in [0.15, 0.2) is 71.1 Å². The minimum Gasteiger partial charge on any atom is -0.493 e. The lowest BCUT2D eigenvalue weighted by Gasteiger charge is -2.15. The molecule has 0 saturated carbocycles. The fourth-order valence-electron chi connectivity index (χ4n) is 5.49. The second-order valence-electron chi connectivity index (χ2n) is 9.88. The van der Waals surface area contributed by atoms with Crippen LogP contribution in [-0.2, 0) is 4.79 Å². The van der Waals surface area contributed by atoms with Crippen LogP contribution in [0, 0.1) is 12.7 Å². The van der Waals surface area contributed by atoms with Crippen LogP contribution in [0.2, 0.25) is 0 Å². The van der Waals surface area contributed by atoms with Gasteiger partial charge in [-0.25, -0.2) is 9.37 Å². The predicted octanol–water partition coefficient (Wildman–Crippen LogP) is 6.23. The van der Waals surface area contributed by atoms with E-state index in [0.717, 1.165) is 28.3 Å². The van der Waals surface area contributed by atoms with Crippen LogP contribution in [0.1, 0.15) is 35.3 Å². The van der Waals surface area contributed by atoms with Crippen LogP contribution < -0.4 is 14.8 Å². The summed E-state index contributed by atoms with van der Waals surface area (Å²) in [5.41, 5.74) is 4.70. The lowest BCUT2D eigenvalue weighted by Crippen LogP contribution is -2.11. The van der Waals surface area contributed by atoms with Crippen molar-refractivity contribution in [2.45, 2.75) is 25.3 Å². The first-order valence-electron chi connectivity index (χ1n) is 12.7. The van der Waals surface area contributed by atoms with Gasteiger partial charge in [0.25, 0.3) is 0 Å². The Morgan fingerprint density at radius 1 is 1.08 bits per heavy atom. The number of furan rings is 1. The van der Waals surface area contributed by atoms with Crippen LogP contribution >= 0.6 is 0 Å². The molecule has 9 heteroatoms. The van der Waals surface area contributed by atoms with Crippen molar-refractivity contribution in [2.75, 3.05) is 18.5 Å². The van der Waals surface area contributed by atoms with Gasteiger partial charge in [0.2, 0.25) is 0 Å². The van der Waals surface area contributed by atoms with Gasteiger partial charge in [0, 0.05) is 34.9 Å². The molecule has 3 aromatic carbocycles. The van der Waals surface area contributed by atoms with Gasteiger partial charge in [-0.15, -0.1) is 0 Å². The third kappa shape index (κ3) is 3.98. The summed E-state index contributed by atoms with van der Waals surface area (Å²) < 4.78 is 34.2. The Hall–Kier alpha value is -4.79. The number of carboxylic acid groups (broad SMARTS) is 1.